The molecule has 98 valence electrons. The lowest BCUT2D eigenvalue weighted by Gasteiger charge is -2.29. The molecule has 0 radical (unpaired) electrons. The first-order valence-electron chi connectivity index (χ1n) is 6.03. The van der Waals surface area contributed by atoms with Gasteiger partial charge in [-0.15, -0.1) is 0 Å². The number of hydrogen-bond acceptors (Lipinski definition) is 4. The molecule has 1 fully saturated rings. The Morgan fingerprint density at radius 3 is 2.83 bits per heavy atom. The van der Waals surface area contributed by atoms with E-state index in [1.54, 1.807) is 0 Å². The van der Waals surface area contributed by atoms with E-state index in [1.165, 1.54) is 12.1 Å². The second-order valence-electron chi connectivity index (χ2n) is 4.52. The number of pyridine rings is 1. The number of nitrogens with one attached hydrogen (secondary N) is 1. The third-order valence-electron chi connectivity index (χ3n) is 2.99. The first-order valence-corrected chi connectivity index (χ1v) is 6.03. The highest BCUT2D eigenvalue weighted by Gasteiger charge is 2.18. The van der Waals surface area contributed by atoms with Crippen molar-refractivity contribution in [1.29, 1.82) is 0 Å². The van der Waals surface area contributed by atoms with Gasteiger partial charge in [0.1, 0.15) is 11.6 Å². The number of halogens is 1. The van der Waals surface area contributed by atoms with E-state index in [0.717, 1.165) is 32.1 Å². The van der Waals surface area contributed by atoms with Gasteiger partial charge in [0.25, 0.3) is 0 Å². The van der Waals surface area contributed by atoms with E-state index in [2.05, 4.69) is 15.2 Å². The molecule has 0 saturated carbocycles. The molecule has 2 heterocycles. The predicted molar refractivity (Wildman–Crippen MR) is 66.5 cm³/mol. The lowest BCUT2D eigenvalue weighted by molar-refractivity contribution is -0.117. The van der Waals surface area contributed by atoms with Crippen LogP contribution < -0.4 is 11.1 Å². The minimum Gasteiger partial charge on any atom is -0.328 e. The molecular formula is C12H17FN4O. The van der Waals surface area contributed by atoms with Gasteiger partial charge in [0, 0.05) is 19.1 Å². The number of nitrogens with two attached hydrogens (primary N) is 1. The number of anilines is 1. The van der Waals surface area contributed by atoms with Crippen LogP contribution in [-0.4, -0.2) is 41.5 Å². The van der Waals surface area contributed by atoms with Crippen LogP contribution in [0.3, 0.4) is 0 Å². The van der Waals surface area contributed by atoms with Gasteiger partial charge < -0.3 is 11.1 Å². The van der Waals surface area contributed by atoms with Crippen LogP contribution in [-0.2, 0) is 4.79 Å². The summed E-state index contributed by atoms with van der Waals surface area (Å²) in [5.74, 6) is -0.183. The maximum absolute atomic E-state index is 12.6. The van der Waals surface area contributed by atoms with Crippen LogP contribution in [0.4, 0.5) is 10.2 Å². The van der Waals surface area contributed by atoms with Crippen LogP contribution in [0.15, 0.2) is 18.3 Å². The Balaban J connectivity index is 1.80. The molecule has 5 nitrogen and oxygen atoms in total. The van der Waals surface area contributed by atoms with E-state index in [9.17, 15) is 9.18 Å². The molecule has 0 spiro atoms. The summed E-state index contributed by atoms with van der Waals surface area (Å²) in [4.78, 5) is 17.6. The molecule has 0 aliphatic carbocycles. The minimum atomic E-state index is -0.419. The predicted octanol–water partition coefficient (Wildman–Crippen LogP) is 0.582. The lowest BCUT2D eigenvalue weighted by Crippen LogP contribution is -2.43. The van der Waals surface area contributed by atoms with Crippen LogP contribution in [0.5, 0.6) is 0 Å². The monoisotopic (exact) mass is 252 g/mol. The van der Waals surface area contributed by atoms with Crippen molar-refractivity contribution in [1.82, 2.24) is 9.88 Å². The number of piperidine rings is 1. The maximum atomic E-state index is 12.6. The van der Waals surface area contributed by atoms with Crippen molar-refractivity contribution in [2.45, 2.75) is 18.9 Å². The number of carbonyl (C=O) groups excluding carboxylic acids is 1. The van der Waals surface area contributed by atoms with Gasteiger partial charge in [0.05, 0.1) is 12.7 Å². The highest BCUT2D eigenvalue weighted by atomic mass is 19.1. The molecular weight excluding hydrogens is 235 g/mol. The molecule has 3 N–H and O–H groups in total. The number of nitrogens with zero attached hydrogens (tertiary/aromatic N) is 2. The van der Waals surface area contributed by atoms with Gasteiger partial charge in [0.15, 0.2) is 0 Å². The molecule has 1 amide bonds. The normalized spacial score (nSPS) is 17.7. The zero-order valence-electron chi connectivity index (χ0n) is 10.1. The van der Waals surface area contributed by atoms with Crippen LogP contribution in [0.1, 0.15) is 12.8 Å². The van der Waals surface area contributed by atoms with Crippen molar-refractivity contribution < 1.29 is 9.18 Å². The molecule has 0 unspecified atom stereocenters. The summed E-state index contributed by atoms with van der Waals surface area (Å²) >= 11 is 0. The van der Waals surface area contributed by atoms with Crippen molar-refractivity contribution in [3.63, 3.8) is 0 Å². The molecule has 1 saturated heterocycles. The molecule has 18 heavy (non-hydrogen) atoms. The van der Waals surface area contributed by atoms with Crippen LogP contribution in [0.25, 0.3) is 0 Å². The van der Waals surface area contributed by atoms with Crippen molar-refractivity contribution in [2.75, 3.05) is 25.0 Å². The largest absolute Gasteiger partial charge is 0.328 e. The Morgan fingerprint density at radius 1 is 1.50 bits per heavy atom. The topological polar surface area (TPSA) is 71.2 Å². The standard InChI is InChI=1S/C12H17FN4O/c13-9-1-2-11(15-7-9)16-12(18)8-17-5-3-10(14)4-6-17/h1-2,7,10H,3-6,8,14H2,(H,15,16,18). The number of aromatic nitrogens is 1. The van der Waals surface area contributed by atoms with Gasteiger partial charge in [-0.25, -0.2) is 9.37 Å². The second-order valence-corrected chi connectivity index (χ2v) is 4.52. The summed E-state index contributed by atoms with van der Waals surface area (Å²) in [5.41, 5.74) is 5.79. The van der Waals surface area contributed by atoms with Gasteiger partial charge >= 0.3 is 0 Å². The highest BCUT2D eigenvalue weighted by molar-refractivity contribution is 5.91. The summed E-state index contributed by atoms with van der Waals surface area (Å²) in [6.07, 6.45) is 2.92. The van der Waals surface area contributed by atoms with Crippen molar-refractivity contribution in [3.05, 3.63) is 24.1 Å². The summed E-state index contributed by atoms with van der Waals surface area (Å²) in [5, 5.41) is 2.64. The number of amides is 1. The van der Waals surface area contributed by atoms with Crippen molar-refractivity contribution in [3.8, 4) is 0 Å². The van der Waals surface area contributed by atoms with Crippen LogP contribution >= 0.6 is 0 Å². The zero-order valence-corrected chi connectivity index (χ0v) is 10.1. The molecule has 1 aromatic heterocycles. The summed E-state index contributed by atoms with van der Waals surface area (Å²) in [6.45, 7) is 2.00. The smallest absolute Gasteiger partial charge is 0.239 e. The zero-order chi connectivity index (χ0) is 13.0. The fourth-order valence-electron chi connectivity index (χ4n) is 1.95. The van der Waals surface area contributed by atoms with E-state index >= 15 is 0 Å². The molecule has 6 heteroatoms. The first-order chi connectivity index (χ1) is 8.63. The van der Waals surface area contributed by atoms with E-state index in [1.807, 2.05) is 0 Å². The quantitative estimate of drug-likeness (QED) is 0.825. The molecule has 0 atom stereocenters. The van der Waals surface area contributed by atoms with E-state index in [4.69, 9.17) is 5.73 Å². The molecule has 1 aromatic rings. The summed E-state index contributed by atoms with van der Waals surface area (Å²) in [6, 6.07) is 2.96. The third-order valence-corrected chi connectivity index (χ3v) is 2.99. The van der Waals surface area contributed by atoms with Gasteiger partial charge in [-0.2, -0.15) is 0 Å². The first kappa shape index (κ1) is 12.9. The number of carbonyl (C=O) groups is 1. The highest BCUT2D eigenvalue weighted by Crippen LogP contribution is 2.08. The van der Waals surface area contributed by atoms with Gasteiger partial charge in [-0.05, 0) is 25.0 Å². The van der Waals surface area contributed by atoms with Gasteiger partial charge in [0.2, 0.25) is 5.91 Å². The minimum absolute atomic E-state index is 0.135. The van der Waals surface area contributed by atoms with E-state index in [-0.39, 0.29) is 11.9 Å². The summed E-state index contributed by atoms with van der Waals surface area (Å²) < 4.78 is 12.6. The van der Waals surface area contributed by atoms with Gasteiger partial charge in [-0.3, -0.25) is 9.69 Å². The van der Waals surface area contributed by atoms with Crippen LogP contribution in [0.2, 0.25) is 0 Å². The Morgan fingerprint density at radius 2 is 2.22 bits per heavy atom. The van der Waals surface area contributed by atoms with Gasteiger partial charge in [-0.1, -0.05) is 0 Å². The molecule has 1 aliphatic rings. The fraction of sp³-hybridized carbons (Fsp3) is 0.500. The Labute approximate surface area is 105 Å². The lowest BCUT2D eigenvalue weighted by atomic mass is 10.1. The second kappa shape index (κ2) is 5.88. The molecule has 0 aromatic carbocycles. The number of hydrogen-bond donors (Lipinski definition) is 2. The molecule has 1 aliphatic heterocycles. The Kier molecular flexibility index (Phi) is 4.22. The average Bonchev–Trinajstić information content (AvgIpc) is 2.35. The van der Waals surface area contributed by atoms with Crippen molar-refractivity contribution in [2.24, 2.45) is 5.73 Å². The SMILES string of the molecule is NC1CCN(CC(=O)Nc2ccc(F)cn2)CC1. The van der Waals surface area contributed by atoms with E-state index in [0.29, 0.717) is 12.4 Å². The average molecular weight is 252 g/mol. The van der Waals surface area contributed by atoms with Crippen LogP contribution in [0, 0.1) is 5.82 Å². The Hall–Kier alpha value is -1.53. The summed E-state index contributed by atoms with van der Waals surface area (Å²) in [7, 11) is 0. The number of likely N-dealkylation sites (tertiary alicyclic amines) is 1. The maximum Gasteiger partial charge on any atom is 0.239 e. The Bertz CT molecular complexity index is 401. The fourth-order valence-corrected chi connectivity index (χ4v) is 1.95. The van der Waals surface area contributed by atoms with Crippen molar-refractivity contribution >= 4 is 11.7 Å². The van der Waals surface area contributed by atoms with E-state index < -0.39 is 5.82 Å². The number of rotatable bonds is 3. The molecule has 2 rings (SSSR count). The molecule has 0 bridgehead atoms. The third kappa shape index (κ3) is 3.75.